The summed E-state index contributed by atoms with van der Waals surface area (Å²) in [6.45, 7) is 0. The van der Waals surface area contributed by atoms with Gasteiger partial charge in [-0.15, -0.1) is 0 Å². The summed E-state index contributed by atoms with van der Waals surface area (Å²) in [5.41, 5.74) is 1.77. The van der Waals surface area contributed by atoms with Crippen molar-refractivity contribution in [3.05, 3.63) is 29.3 Å². The molecule has 0 radical (unpaired) electrons. The lowest BCUT2D eigenvalue weighted by atomic mass is 10.1. The molecule has 0 saturated heterocycles. The van der Waals surface area contributed by atoms with Crippen LogP contribution in [0.25, 0.3) is 0 Å². The fourth-order valence-electron chi connectivity index (χ4n) is 1.14. The number of ether oxygens (including phenoxy) is 1. The minimum absolute atomic E-state index is 0.699. The number of rotatable bonds is 4. The molecule has 0 aromatic heterocycles. The van der Waals surface area contributed by atoms with E-state index in [1.807, 2.05) is 18.4 Å². The minimum atomic E-state index is 0.699. The molecule has 0 N–H and O–H groups in total. The largest absolute Gasteiger partial charge is 0.496 e. The highest BCUT2D eigenvalue weighted by atomic mass is 32.2. The van der Waals surface area contributed by atoms with E-state index in [1.165, 1.54) is 0 Å². The molecule has 0 aliphatic heterocycles. The van der Waals surface area contributed by atoms with E-state index >= 15 is 0 Å². The highest BCUT2D eigenvalue weighted by molar-refractivity contribution is 7.97. The first-order chi connectivity index (χ1) is 6.31. The van der Waals surface area contributed by atoms with Gasteiger partial charge in [0.1, 0.15) is 12.0 Å². The Labute approximate surface area is 82.3 Å². The van der Waals surface area contributed by atoms with Gasteiger partial charge in [0.25, 0.3) is 0 Å². The predicted molar refractivity (Wildman–Crippen MR) is 55.6 cm³/mol. The van der Waals surface area contributed by atoms with Crippen molar-refractivity contribution in [2.75, 3.05) is 13.4 Å². The standard InChI is InChI=1S/C10H12O2S/c1-12-10-4-3-8(6-11)5-9(10)7-13-2/h3-6H,7H2,1-2H3. The van der Waals surface area contributed by atoms with Crippen LogP contribution in [0.5, 0.6) is 5.75 Å². The minimum Gasteiger partial charge on any atom is -0.496 e. The Morgan fingerprint density at radius 1 is 1.54 bits per heavy atom. The number of benzene rings is 1. The van der Waals surface area contributed by atoms with Crippen LogP contribution >= 0.6 is 11.8 Å². The van der Waals surface area contributed by atoms with E-state index in [4.69, 9.17) is 4.74 Å². The molecule has 0 aliphatic carbocycles. The van der Waals surface area contributed by atoms with Gasteiger partial charge in [-0.25, -0.2) is 0 Å². The van der Waals surface area contributed by atoms with E-state index in [-0.39, 0.29) is 0 Å². The molecule has 3 heteroatoms. The van der Waals surface area contributed by atoms with Gasteiger partial charge in [-0.1, -0.05) is 0 Å². The van der Waals surface area contributed by atoms with Crippen molar-refractivity contribution in [1.29, 1.82) is 0 Å². The van der Waals surface area contributed by atoms with Crippen LogP contribution in [0.15, 0.2) is 18.2 Å². The van der Waals surface area contributed by atoms with Crippen LogP contribution in [0.2, 0.25) is 0 Å². The van der Waals surface area contributed by atoms with E-state index in [1.54, 1.807) is 24.9 Å². The highest BCUT2D eigenvalue weighted by Crippen LogP contribution is 2.22. The molecule has 0 aliphatic rings. The first-order valence-corrected chi connectivity index (χ1v) is 5.32. The van der Waals surface area contributed by atoms with Gasteiger partial charge in [0.05, 0.1) is 7.11 Å². The first-order valence-electron chi connectivity index (χ1n) is 3.93. The number of methoxy groups -OCH3 is 1. The Morgan fingerprint density at radius 3 is 2.85 bits per heavy atom. The van der Waals surface area contributed by atoms with E-state index < -0.39 is 0 Å². The highest BCUT2D eigenvalue weighted by Gasteiger charge is 2.02. The second-order valence-corrected chi connectivity index (χ2v) is 3.49. The molecule has 1 rings (SSSR count). The third kappa shape index (κ3) is 2.49. The zero-order valence-electron chi connectivity index (χ0n) is 7.74. The lowest BCUT2D eigenvalue weighted by Gasteiger charge is -2.07. The maximum atomic E-state index is 10.5. The maximum absolute atomic E-state index is 10.5. The third-order valence-electron chi connectivity index (χ3n) is 1.74. The fourth-order valence-corrected chi connectivity index (χ4v) is 1.68. The van der Waals surface area contributed by atoms with Crippen LogP contribution in [0.4, 0.5) is 0 Å². The molecule has 0 spiro atoms. The summed E-state index contributed by atoms with van der Waals surface area (Å²) in [4.78, 5) is 10.5. The predicted octanol–water partition coefficient (Wildman–Crippen LogP) is 2.37. The van der Waals surface area contributed by atoms with Crippen molar-refractivity contribution in [3.8, 4) is 5.75 Å². The van der Waals surface area contributed by atoms with E-state index in [0.29, 0.717) is 5.56 Å². The normalized spacial score (nSPS) is 9.69. The van der Waals surface area contributed by atoms with Gasteiger partial charge < -0.3 is 4.74 Å². The molecule has 13 heavy (non-hydrogen) atoms. The number of carbonyl (C=O) groups excluding carboxylic acids is 1. The van der Waals surface area contributed by atoms with Gasteiger partial charge >= 0.3 is 0 Å². The molecule has 1 aromatic carbocycles. The summed E-state index contributed by atoms with van der Waals surface area (Å²) in [5.74, 6) is 1.71. The molecule has 0 heterocycles. The summed E-state index contributed by atoms with van der Waals surface area (Å²) in [6, 6.07) is 5.45. The quantitative estimate of drug-likeness (QED) is 0.691. The monoisotopic (exact) mass is 196 g/mol. The van der Waals surface area contributed by atoms with Crippen LogP contribution < -0.4 is 4.74 Å². The molecule has 70 valence electrons. The molecular weight excluding hydrogens is 184 g/mol. The Balaban J connectivity index is 3.02. The summed E-state index contributed by atoms with van der Waals surface area (Å²) >= 11 is 1.71. The third-order valence-corrected chi connectivity index (χ3v) is 2.34. The summed E-state index contributed by atoms with van der Waals surface area (Å²) in [7, 11) is 1.64. The van der Waals surface area contributed by atoms with Crippen molar-refractivity contribution in [3.63, 3.8) is 0 Å². The number of carbonyl (C=O) groups is 1. The van der Waals surface area contributed by atoms with Crippen LogP contribution in [0.1, 0.15) is 15.9 Å². The smallest absolute Gasteiger partial charge is 0.150 e. The van der Waals surface area contributed by atoms with Crippen molar-refractivity contribution in [2.24, 2.45) is 0 Å². The molecule has 0 bridgehead atoms. The second-order valence-electron chi connectivity index (χ2n) is 2.62. The lowest BCUT2D eigenvalue weighted by Crippen LogP contribution is -1.92. The van der Waals surface area contributed by atoms with Gasteiger partial charge in [-0.2, -0.15) is 11.8 Å². The molecule has 1 aromatic rings. The Bertz CT molecular complexity index is 297. The lowest BCUT2D eigenvalue weighted by molar-refractivity contribution is 0.112. The molecule has 0 saturated carbocycles. The van der Waals surface area contributed by atoms with Crippen LogP contribution in [-0.4, -0.2) is 19.7 Å². The van der Waals surface area contributed by atoms with Crippen LogP contribution in [-0.2, 0) is 5.75 Å². The Morgan fingerprint density at radius 2 is 2.31 bits per heavy atom. The molecule has 0 amide bonds. The number of thioether (sulfide) groups is 1. The van der Waals surface area contributed by atoms with Gasteiger partial charge in [0.15, 0.2) is 0 Å². The number of aldehydes is 1. The average molecular weight is 196 g/mol. The maximum Gasteiger partial charge on any atom is 0.150 e. The van der Waals surface area contributed by atoms with E-state index in [2.05, 4.69) is 0 Å². The zero-order valence-corrected chi connectivity index (χ0v) is 8.56. The van der Waals surface area contributed by atoms with Gasteiger partial charge in [-0.05, 0) is 24.5 Å². The second kappa shape index (κ2) is 4.92. The Kier molecular flexibility index (Phi) is 3.83. The molecule has 0 fully saturated rings. The first kappa shape index (κ1) is 10.1. The zero-order chi connectivity index (χ0) is 9.68. The molecule has 2 nitrogen and oxygen atoms in total. The SMILES string of the molecule is COc1ccc(C=O)cc1CSC. The fraction of sp³-hybridized carbons (Fsp3) is 0.300. The van der Waals surface area contributed by atoms with Crippen molar-refractivity contribution >= 4 is 18.0 Å². The van der Waals surface area contributed by atoms with Crippen molar-refractivity contribution in [1.82, 2.24) is 0 Å². The van der Waals surface area contributed by atoms with Gasteiger partial charge in [0.2, 0.25) is 0 Å². The van der Waals surface area contributed by atoms with E-state index in [0.717, 1.165) is 23.4 Å². The van der Waals surface area contributed by atoms with Gasteiger partial charge in [0, 0.05) is 16.9 Å². The number of hydrogen-bond acceptors (Lipinski definition) is 3. The summed E-state index contributed by atoms with van der Waals surface area (Å²) in [5, 5.41) is 0. The van der Waals surface area contributed by atoms with Crippen LogP contribution in [0.3, 0.4) is 0 Å². The summed E-state index contributed by atoms with van der Waals surface area (Å²) in [6.07, 6.45) is 2.87. The average Bonchev–Trinajstić information content (AvgIpc) is 2.18. The van der Waals surface area contributed by atoms with E-state index in [9.17, 15) is 4.79 Å². The van der Waals surface area contributed by atoms with Crippen LogP contribution in [0, 0.1) is 0 Å². The Hall–Kier alpha value is -0.960. The van der Waals surface area contributed by atoms with Gasteiger partial charge in [-0.3, -0.25) is 4.79 Å². The molecular formula is C10H12O2S. The summed E-state index contributed by atoms with van der Waals surface area (Å²) < 4.78 is 5.17. The topological polar surface area (TPSA) is 26.3 Å². The molecule has 0 atom stereocenters. The number of hydrogen-bond donors (Lipinski definition) is 0. The molecule has 0 unspecified atom stereocenters. The van der Waals surface area contributed by atoms with Crippen molar-refractivity contribution in [2.45, 2.75) is 5.75 Å². The van der Waals surface area contributed by atoms with Crippen molar-refractivity contribution < 1.29 is 9.53 Å².